The number of aliphatic hydroxyl groups excluding tert-OH is 1. The van der Waals surface area contributed by atoms with E-state index in [1.165, 1.54) is 0 Å². The number of nitrogens with one attached hydrogen (secondary N) is 2. The first kappa shape index (κ1) is 19.5. The Kier molecular flexibility index (Phi) is 7.07. The first-order valence-corrected chi connectivity index (χ1v) is 8.29. The molecule has 0 aromatic heterocycles. The number of hydrogen-bond acceptors (Lipinski definition) is 4. The Labute approximate surface area is 144 Å². The lowest BCUT2D eigenvalue weighted by molar-refractivity contribution is -0.166. The fraction of sp³-hybridized carbons (Fsp3) is 0.588. The molecular weight excluding hydrogens is 337 g/mol. The van der Waals surface area contributed by atoms with E-state index in [0.29, 0.717) is 25.7 Å². The summed E-state index contributed by atoms with van der Waals surface area (Å²) in [6, 6.07) is 6.94. The van der Waals surface area contributed by atoms with Crippen LogP contribution in [0.15, 0.2) is 30.3 Å². The van der Waals surface area contributed by atoms with Crippen molar-refractivity contribution in [2.75, 3.05) is 6.61 Å². The summed E-state index contributed by atoms with van der Waals surface area (Å²) in [5, 5.41) is 14.1. The zero-order chi connectivity index (χ0) is 18.3. The average molecular weight is 360 g/mol. The van der Waals surface area contributed by atoms with Gasteiger partial charge in [0.05, 0.1) is 6.61 Å². The van der Waals surface area contributed by atoms with E-state index in [2.05, 4.69) is 10.6 Å². The normalized spacial score (nSPS) is 22.2. The lowest BCUT2D eigenvalue weighted by atomic mass is 9.91. The van der Waals surface area contributed by atoms with Gasteiger partial charge in [0.1, 0.15) is 12.6 Å². The van der Waals surface area contributed by atoms with E-state index in [1.807, 2.05) is 30.3 Å². The minimum Gasteiger partial charge on any atom is -0.445 e. The van der Waals surface area contributed by atoms with Gasteiger partial charge in [-0.25, -0.2) is 4.79 Å². The van der Waals surface area contributed by atoms with Crippen LogP contribution in [0, 0.1) is 0 Å². The molecule has 1 aliphatic carbocycles. The lowest BCUT2D eigenvalue weighted by Gasteiger charge is -2.32. The summed E-state index contributed by atoms with van der Waals surface area (Å²) in [4.78, 5) is 11.8. The Morgan fingerprint density at radius 3 is 2.32 bits per heavy atom. The van der Waals surface area contributed by atoms with Gasteiger partial charge in [0.25, 0.3) is 0 Å². The van der Waals surface area contributed by atoms with Crippen molar-refractivity contribution in [3.05, 3.63) is 35.9 Å². The maximum atomic E-state index is 12.7. The van der Waals surface area contributed by atoms with Gasteiger partial charge in [-0.05, 0) is 31.2 Å². The minimum atomic E-state index is -4.47. The smallest absolute Gasteiger partial charge is 0.407 e. The fourth-order valence-electron chi connectivity index (χ4n) is 2.87. The molecule has 0 aliphatic heterocycles. The van der Waals surface area contributed by atoms with Crippen LogP contribution in [0.25, 0.3) is 0 Å². The van der Waals surface area contributed by atoms with Crippen LogP contribution in [0.1, 0.15) is 31.2 Å². The van der Waals surface area contributed by atoms with Crippen molar-refractivity contribution >= 4 is 6.09 Å². The molecule has 1 aromatic rings. The number of rotatable bonds is 6. The van der Waals surface area contributed by atoms with Crippen molar-refractivity contribution in [2.45, 2.75) is 56.6 Å². The molecule has 2 rings (SSSR count). The summed E-state index contributed by atoms with van der Waals surface area (Å²) in [6.07, 6.45) is -2.87. The lowest BCUT2D eigenvalue weighted by Crippen LogP contribution is -2.51. The molecule has 1 aromatic carbocycles. The van der Waals surface area contributed by atoms with Gasteiger partial charge in [0.2, 0.25) is 0 Å². The third-order valence-corrected chi connectivity index (χ3v) is 4.28. The zero-order valence-corrected chi connectivity index (χ0v) is 13.8. The van der Waals surface area contributed by atoms with E-state index in [4.69, 9.17) is 9.84 Å². The van der Waals surface area contributed by atoms with Crippen molar-refractivity contribution in [3.8, 4) is 0 Å². The highest BCUT2D eigenvalue weighted by molar-refractivity contribution is 5.67. The average Bonchev–Trinajstić information content (AvgIpc) is 2.59. The first-order valence-electron chi connectivity index (χ1n) is 8.29. The number of benzene rings is 1. The molecule has 140 valence electrons. The summed E-state index contributed by atoms with van der Waals surface area (Å²) in [5.74, 6) is 0. The van der Waals surface area contributed by atoms with E-state index < -0.39 is 24.9 Å². The number of alkyl halides is 3. The Hall–Kier alpha value is -1.80. The van der Waals surface area contributed by atoms with Gasteiger partial charge in [0, 0.05) is 12.1 Å². The van der Waals surface area contributed by atoms with Crippen LogP contribution >= 0.6 is 0 Å². The van der Waals surface area contributed by atoms with Crippen molar-refractivity contribution in [1.29, 1.82) is 0 Å². The minimum absolute atomic E-state index is 0.111. The molecule has 8 heteroatoms. The number of alkyl carbamates (subject to hydrolysis) is 1. The molecule has 0 unspecified atom stereocenters. The maximum absolute atomic E-state index is 12.7. The summed E-state index contributed by atoms with van der Waals surface area (Å²) < 4.78 is 43.1. The molecule has 25 heavy (non-hydrogen) atoms. The molecular formula is C17H23F3N2O3. The molecule has 1 atom stereocenters. The Morgan fingerprint density at radius 1 is 1.16 bits per heavy atom. The van der Waals surface area contributed by atoms with Gasteiger partial charge in [-0.3, -0.25) is 0 Å². The van der Waals surface area contributed by atoms with Crippen molar-refractivity contribution in [1.82, 2.24) is 10.6 Å². The molecule has 0 radical (unpaired) electrons. The molecule has 1 amide bonds. The standard InChI is InChI=1S/C17H23F3N2O3/c18-17(19,20)15(10-23)21-13-6-8-14(9-7-13)22-16(24)25-11-12-4-2-1-3-5-12/h1-5,13-15,21,23H,6-11H2,(H,22,24)/t13-,14-,15-/m1/s1. The van der Waals surface area contributed by atoms with E-state index in [0.717, 1.165) is 5.56 Å². The molecule has 0 heterocycles. The van der Waals surface area contributed by atoms with Crippen molar-refractivity contribution in [3.63, 3.8) is 0 Å². The Morgan fingerprint density at radius 2 is 1.76 bits per heavy atom. The molecule has 0 saturated heterocycles. The monoisotopic (exact) mass is 360 g/mol. The van der Waals surface area contributed by atoms with Crippen molar-refractivity contribution in [2.24, 2.45) is 0 Å². The quantitative estimate of drug-likeness (QED) is 0.730. The first-order chi connectivity index (χ1) is 11.9. The summed E-state index contributed by atoms with van der Waals surface area (Å²) in [6.45, 7) is -0.805. The second-order valence-corrected chi connectivity index (χ2v) is 6.20. The van der Waals surface area contributed by atoms with Crippen LogP contribution in [0.3, 0.4) is 0 Å². The van der Waals surface area contributed by atoms with Crippen LogP contribution in [0.4, 0.5) is 18.0 Å². The SMILES string of the molecule is O=C(N[C@H]1CC[C@H](N[C@H](CO)C(F)(F)F)CC1)OCc1ccccc1. The van der Waals surface area contributed by atoms with Crippen LogP contribution in [0.2, 0.25) is 0 Å². The van der Waals surface area contributed by atoms with E-state index in [-0.39, 0.29) is 18.7 Å². The summed E-state index contributed by atoms with van der Waals surface area (Å²) in [7, 11) is 0. The second kappa shape index (κ2) is 9.05. The highest BCUT2D eigenvalue weighted by Gasteiger charge is 2.40. The summed E-state index contributed by atoms with van der Waals surface area (Å²) in [5.41, 5.74) is 0.882. The topological polar surface area (TPSA) is 70.6 Å². The molecule has 1 saturated carbocycles. The number of carbonyl (C=O) groups is 1. The van der Waals surface area contributed by atoms with Gasteiger partial charge < -0.3 is 20.5 Å². The molecule has 5 nitrogen and oxygen atoms in total. The van der Waals surface area contributed by atoms with E-state index in [1.54, 1.807) is 0 Å². The zero-order valence-electron chi connectivity index (χ0n) is 13.8. The van der Waals surface area contributed by atoms with Crippen LogP contribution in [0.5, 0.6) is 0 Å². The number of aliphatic hydroxyl groups is 1. The Balaban J connectivity index is 1.68. The molecule has 3 N–H and O–H groups in total. The van der Waals surface area contributed by atoms with Crippen LogP contribution < -0.4 is 10.6 Å². The van der Waals surface area contributed by atoms with Gasteiger partial charge in [-0.2, -0.15) is 13.2 Å². The van der Waals surface area contributed by atoms with Gasteiger partial charge in [0.15, 0.2) is 0 Å². The van der Waals surface area contributed by atoms with E-state index >= 15 is 0 Å². The number of hydrogen-bond donors (Lipinski definition) is 3. The van der Waals surface area contributed by atoms with E-state index in [9.17, 15) is 18.0 Å². The largest absolute Gasteiger partial charge is 0.445 e. The highest BCUT2D eigenvalue weighted by atomic mass is 19.4. The van der Waals surface area contributed by atoms with Crippen LogP contribution in [-0.2, 0) is 11.3 Å². The Bertz CT molecular complexity index is 532. The molecule has 0 spiro atoms. The number of halogens is 3. The predicted molar refractivity (Wildman–Crippen MR) is 85.9 cm³/mol. The summed E-state index contributed by atoms with van der Waals surface area (Å²) >= 11 is 0. The maximum Gasteiger partial charge on any atom is 0.407 e. The van der Waals surface area contributed by atoms with Crippen LogP contribution in [-0.4, -0.2) is 42.1 Å². The van der Waals surface area contributed by atoms with Gasteiger partial charge >= 0.3 is 12.3 Å². The third kappa shape index (κ3) is 6.55. The molecule has 1 aliphatic rings. The molecule has 1 fully saturated rings. The number of amides is 1. The number of carbonyl (C=O) groups excluding carboxylic acids is 1. The highest BCUT2D eigenvalue weighted by Crippen LogP contribution is 2.24. The van der Waals surface area contributed by atoms with Gasteiger partial charge in [-0.15, -0.1) is 0 Å². The van der Waals surface area contributed by atoms with Crippen molar-refractivity contribution < 1.29 is 27.8 Å². The van der Waals surface area contributed by atoms with Gasteiger partial charge in [-0.1, -0.05) is 30.3 Å². The second-order valence-electron chi connectivity index (χ2n) is 6.20. The molecule has 0 bridgehead atoms. The fourth-order valence-corrected chi connectivity index (χ4v) is 2.87. The predicted octanol–water partition coefficient (Wildman–Crippen LogP) is 2.74. The number of ether oxygens (including phenoxy) is 1. The third-order valence-electron chi connectivity index (χ3n) is 4.28.